The molecular weight excluding hydrogens is 288 g/mol. The minimum absolute atomic E-state index is 0.756. The summed E-state index contributed by atoms with van der Waals surface area (Å²) < 4.78 is 0. The first-order valence-corrected chi connectivity index (χ1v) is 7.92. The van der Waals surface area contributed by atoms with Crippen LogP contribution in [0.5, 0.6) is 0 Å². The van der Waals surface area contributed by atoms with Crippen molar-refractivity contribution in [2.75, 3.05) is 11.9 Å². The van der Waals surface area contributed by atoms with Crippen molar-refractivity contribution in [1.82, 2.24) is 15.0 Å². The monoisotopic (exact) mass is 300 g/mol. The van der Waals surface area contributed by atoms with E-state index in [0.717, 1.165) is 39.7 Å². The van der Waals surface area contributed by atoms with Gasteiger partial charge in [-0.3, -0.25) is 0 Å². The normalized spacial score (nSPS) is 10.2. The molecule has 1 N–H and O–H groups in total. The molecule has 0 radical (unpaired) electrons. The number of aromatic nitrogens is 3. The molecule has 3 aromatic heterocycles. The first-order valence-electron chi connectivity index (χ1n) is 6.16. The van der Waals surface area contributed by atoms with Crippen LogP contribution in [0.2, 0.25) is 0 Å². The Labute approximate surface area is 124 Å². The predicted octanol–water partition coefficient (Wildman–Crippen LogP) is 3.31. The van der Waals surface area contributed by atoms with Crippen LogP contribution < -0.4 is 5.32 Å². The number of aryl methyl sites for hydroxylation is 1. The molecule has 6 heteroatoms. The Balaban J connectivity index is 1.58. The van der Waals surface area contributed by atoms with E-state index < -0.39 is 0 Å². The summed E-state index contributed by atoms with van der Waals surface area (Å²) >= 11 is 3.24. The Morgan fingerprint density at radius 2 is 2.25 bits per heavy atom. The smallest absolute Gasteiger partial charge is 0.138 e. The fraction of sp³-hybridized carbons (Fsp3) is 0.214. The quantitative estimate of drug-likeness (QED) is 0.595. The number of nitrogens with one attached hydrogen (secondary N) is 1. The van der Waals surface area contributed by atoms with Gasteiger partial charge in [0.2, 0.25) is 0 Å². The van der Waals surface area contributed by atoms with Crippen molar-refractivity contribution < 1.29 is 0 Å². The zero-order valence-corrected chi connectivity index (χ0v) is 12.5. The third-order valence-electron chi connectivity index (χ3n) is 2.64. The number of hydrogen-bond acceptors (Lipinski definition) is 6. The lowest BCUT2D eigenvalue weighted by molar-refractivity contribution is 1.07. The lowest BCUT2D eigenvalue weighted by Gasteiger charge is -2.03. The van der Waals surface area contributed by atoms with Crippen LogP contribution in [-0.2, 0) is 0 Å². The van der Waals surface area contributed by atoms with Crippen LogP contribution in [0.1, 0.15) is 17.1 Å². The summed E-state index contributed by atoms with van der Waals surface area (Å²) in [5.74, 6) is 7.06. The summed E-state index contributed by atoms with van der Waals surface area (Å²) in [5.41, 5.74) is 0.856. The van der Waals surface area contributed by atoms with Crippen molar-refractivity contribution in [2.45, 2.75) is 13.3 Å². The molecule has 0 unspecified atom stereocenters. The van der Waals surface area contributed by atoms with Gasteiger partial charge in [0.1, 0.15) is 22.7 Å². The van der Waals surface area contributed by atoms with Gasteiger partial charge in [-0.1, -0.05) is 5.92 Å². The largest absolute Gasteiger partial charge is 0.368 e. The molecule has 100 valence electrons. The molecule has 0 aliphatic heterocycles. The van der Waals surface area contributed by atoms with Crippen molar-refractivity contribution in [1.29, 1.82) is 0 Å². The minimum atomic E-state index is 0.756. The molecule has 0 amide bonds. The summed E-state index contributed by atoms with van der Waals surface area (Å²) in [5, 5.41) is 9.42. The topological polar surface area (TPSA) is 50.7 Å². The van der Waals surface area contributed by atoms with E-state index in [1.54, 1.807) is 29.0 Å². The Morgan fingerprint density at radius 1 is 1.30 bits per heavy atom. The molecule has 3 rings (SSSR count). The Hall–Kier alpha value is -1.97. The van der Waals surface area contributed by atoms with E-state index in [9.17, 15) is 0 Å². The van der Waals surface area contributed by atoms with Crippen LogP contribution in [-0.4, -0.2) is 21.5 Å². The van der Waals surface area contributed by atoms with Gasteiger partial charge in [-0.15, -0.1) is 22.7 Å². The summed E-state index contributed by atoms with van der Waals surface area (Å²) in [7, 11) is 0. The molecule has 0 saturated carbocycles. The van der Waals surface area contributed by atoms with E-state index >= 15 is 0 Å². The average molecular weight is 300 g/mol. The maximum absolute atomic E-state index is 4.31. The molecule has 0 spiro atoms. The van der Waals surface area contributed by atoms with Crippen LogP contribution in [0, 0.1) is 18.8 Å². The van der Waals surface area contributed by atoms with E-state index in [2.05, 4.69) is 32.1 Å². The highest BCUT2D eigenvalue weighted by Gasteiger charge is 2.02. The molecule has 4 nitrogen and oxygen atoms in total. The molecule has 0 aliphatic rings. The van der Waals surface area contributed by atoms with Crippen molar-refractivity contribution in [3.63, 3.8) is 0 Å². The third kappa shape index (κ3) is 2.95. The molecule has 0 bridgehead atoms. The maximum atomic E-state index is 4.31. The average Bonchev–Trinajstić information content (AvgIpc) is 3.07. The van der Waals surface area contributed by atoms with Gasteiger partial charge in [0.05, 0.1) is 10.4 Å². The van der Waals surface area contributed by atoms with Crippen LogP contribution in [0.25, 0.3) is 10.2 Å². The summed E-state index contributed by atoms with van der Waals surface area (Å²) in [6.07, 6.45) is 2.34. The van der Waals surface area contributed by atoms with Gasteiger partial charge in [0.25, 0.3) is 0 Å². The first-order chi connectivity index (χ1) is 9.83. The van der Waals surface area contributed by atoms with Crippen LogP contribution in [0.15, 0.2) is 23.2 Å². The zero-order valence-electron chi connectivity index (χ0n) is 10.9. The van der Waals surface area contributed by atoms with Crippen molar-refractivity contribution in [3.05, 3.63) is 33.9 Å². The molecule has 0 saturated heterocycles. The second-order valence-corrected chi connectivity index (χ2v) is 6.05. The highest BCUT2D eigenvalue weighted by atomic mass is 32.1. The third-order valence-corrected chi connectivity index (χ3v) is 4.23. The van der Waals surface area contributed by atoms with Gasteiger partial charge in [-0.05, 0) is 24.3 Å². The van der Waals surface area contributed by atoms with Gasteiger partial charge in [-0.2, -0.15) is 0 Å². The Kier molecular flexibility index (Phi) is 3.90. The molecule has 3 aromatic rings. The Morgan fingerprint density at radius 3 is 3.10 bits per heavy atom. The first kappa shape index (κ1) is 13.0. The van der Waals surface area contributed by atoms with E-state index in [-0.39, 0.29) is 0 Å². The molecule has 0 fully saturated rings. The van der Waals surface area contributed by atoms with Crippen LogP contribution in [0.3, 0.4) is 0 Å². The number of anilines is 1. The molecule has 3 heterocycles. The lowest BCUT2D eigenvalue weighted by Crippen LogP contribution is -2.02. The van der Waals surface area contributed by atoms with Gasteiger partial charge >= 0.3 is 0 Å². The molecule has 0 atom stereocenters. The number of thiophene rings is 1. The zero-order chi connectivity index (χ0) is 13.8. The van der Waals surface area contributed by atoms with E-state index in [1.807, 2.05) is 23.8 Å². The molecular formula is C14H12N4S2. The van der Waals surface area contributed by atoms with Gasteiger partial charge in [-0.25, -0.2) is 15.0 Å². The summed E-state index contributed by atoms with van der Waals surface area (Å²) in [6, 6.07) is 2.03. The summed E-state index contributed by atoms with van der Waals surface area (Å²) in [6.45, 7) is 2.75. The number of thiazole rings is 1. The van der Waals surface area contributed by atoms with E-state index in [4.69, 9.17) is 0 Å². The van der Waals surface area contributed by atoms with Crippen LogP contribution >= 0.6 is 22.7 Å². The fourth-order valence-electron chi connectivity index (χ4n) is 1.75. The van der Waals surface area contributed by atoms with Gasteiger partial charge in [0, 0.05) is 18.3 Å². The van der Waals surface area contributed by atoms with Gasteiger partial charge < -0.3 is 5.32 Å². The molecule has 20 heavy (non-hydrogen) atoms. The highest BCUT2D eigenvalue weighted by molar-refractivity contribution is 7.16. The molecule has 0 aromatic carbocycles. The SMILES string of the molecule is Cc1nc(C#CCCNc2ncnc3sccc23)cs1. The maximum Gasteiger partial charge on any atom is 0.138 e. The van der Waals surface area contributed by atoms with E-state index in [1.165, 1.54) is 0 Å². The van der Waals surface area contributed by atoms with E-state index in [0.29, 0.717) is 0 Å². The number of nitrogens with zero attached hydrogens (tertiary/aromatic N) is 3. The standard InChI is InChI=1S/C14H12N4S2/c1-10-18-11(8-20-10)4-2-3-6-15-13-12-5-7-19-14(12)17-9-16-13/h5,7-9H,3,6H2,1H3,(H,15,16,17). The number of fused-ring (bicyclic) bond motifs is 1. The fourth-order valence-corrected chi connectivity index (χ4v) is 3.03. The number of rotatable bonds is 3. The summed E-state index contributed by atoms with van der Waals surface area (Å²) in [4.78, 5) is 13.8. The predicted molar refractivity (Wildman–Crippen MR) is 84.3 cm³/mol. The lowest BCUT2D eigenvalue weighted by atomic mass is 10.3. The van der Waals surface area contributed by atoms with Crippen molar-refractivity contribution in [2.24, 2.45) is 0 Å². The highest BCUT2D eigenvalue weighted by Crippen LogP contribution is 2.23. The second-order valence-electron chi connectivity index (χ2n) is 4.09. The van der Waals surface area contributed by atoms with Crippen molar-refractivity contribution in [3.8, 4) is 11.8 Å². The number of hydrogen-bond donors (Lipinski definition) is 1. The second kappa shape index (κ2) is 5.99. The van der Waals surface area contributed by atoms with Crippen LogP contribution in [0.4, 0.5) is 5.82 Å². The Bertz CT molecular complexity index is 779. The van der Waals surface area contributed by atoms with Gasteiger partial charge in [0.15, 0.2) is 0 Å². The van der Waals surface area contributed by atoms with Crippen molar-refractivity contribution >= 4 is 38.7 Å². The molecule has 0 aliphatic carbocycles. The minimum Gasteiger partial charge on any atom is -0.368 e.